The van der Waals surface area contributed by atoms with Crippen molar-refractivity contribution in [1.82, 2.24) is 0 Å². The Morgan fingerprint density at radius 3 is 2.12 bits per heavy atom. The Kier molecular flexibility index (Phi) is 11.6. The van der Waals surface area contributed by atoms with E-state index in [9.17, 15) is 26.7 Å². The molecule has 0 unspecified atom stereocenters. The fourth-order valence-electron chi connectivity index (χ4n) is 3.86. The second-order valence-corrected chi connectivity index (χ2v) is 9.55. The predicted molar refractivity (Wildman–Crippen MR) is 151 cm³/mol. The molecule has 0 radical (unpaired) electrons. The summed E-state index contributed by atoms with van der Waals surface area (Å²) in [6, 6.07) is 16.0. The molecule has 3 aromatic rings. The number of nitrogens with two attached hydrogens (primary N) is 2. The van der Waals surface area contributed by atoms with Crippen molar-refractivity contribution < 1.29 is 41.0 Å². The lowest BCUT2D eigenvalue weighted by molar-refractivity contribution is -0.185. The van der Waals surface area contributed by atoms with Gasteiger partial charge in [0.05, 0.1) is 18.8 Å². The molecule has 226 valence electrons. The summed E-state index contributed by atoms with van der Waals surface area (Å²) in [5, 5.41) is 0. The van der Waals surface area contributed by atoms with Crippen molar-refractivity contribution in [1.29, 1.82) is 0 Å². The van der Waals surface area contributed by atoms with Crippen LogP contribution in [-0.4, -0.2) is 25.4 Å². The zero-order chi connectivity index (χ0) is 30.6. The van der Waals surface area contributed by atoms with E-state index >= 15 is 0 Å². The van der Waals surface area contributed by atoms with Crippen molar-refractivity contribution in [2.24, 2.45) is 0 Å². The number of carbonyl (C=O) groups is 1. The SMILES string of the molecule is Nc1ccc(CCCCOC(=O)/C=C/c2ccc(OC(F)(F)c3ccc(OCCCCC(F)(F)F)cc3)cc2)c(N)c1. The summed E-state index contributed by atoms with van der Waals surface area (Å²) in [7, 11) is 0. The maximum atomic E-state index is 14.6. The van der Waals surface area contributed by atoms with Gasteiger partial charge in [-0.3, -0.25) is 0 Å². The number of ether oxygens (including phenoxy) is 3. The Morgan fingerprint density at radius 2 is 1.45 bits per heavy atom. The highest BCUT2D eigenvalue weighted by atomic mass is 19.4. The number of halogens is 5. The molecule has 0 aromatic heterocycles. The molecule has 4 N–H and O–H groups in total. The first kappa shape index (κ1) is 32.2. The molecule has 3 aromatic carbocycles. The van der Waals surface area contributed by atoms with E-state index in [1.807, 2.05) is 6.07 Å². The molecule has 0 atom stereocenters. The third-order valence-electron chi connectivity index (χ3n) is 6.11. The first-order valence-electron chi connectivity index (χ1n) is 13.4. The molecular weight excluding hydrogens is 559 g/mol. The van der Waals surface area contributed by atoms with Crippen LogP contribution in [0.15, 0.2) is 72.8 Å². The van der Waals surface area contributed by atoms with Gasteiger partial charge in [0.15, 0.2) is 0 Å². The minimum atomic E-state index is -4.21. The van der Waals surface area contributed by atoms with Crippen LogP contribution < -0.4 is 20.9 Å². The van der Waals surface area contributed by atoms with E-state index in [0.717, 1.165) is 30.5 Å². The highest BCUT2D eigenvalue weighted by molar-refractivity contribution is 5.87. The summed E-state index contributed by atoms with van der Waals surface area (Å²) in [4.78, 5) is 12.0. The molecule has 0 saturated carbocycles. The first-order chi connectivity index (χ1) is 19.9. The Morgan fingerprint density at radius 1 is 0.786 bits per heavy atom. The number of anilines is 2. The Labute approximate surface area is 241 Å². The van der Waals surface area contributed by atoms with Crippen LogP contribution >= 0.6 is 0 Å². The van der Waals surface area contributed by atoms with Gasteiger partial charge in [-0.1, -0.05) is 18.2 Å². The van der Waals surface area contributed by atoms with Gasteiger partial charge in [0.1, 0.15) is 11.5 Å². The third-order valence-corrected chi connectivity index (χ3v) is 6.11. The van der Waals surface area contributed by atoms with Gasteiger partial charge in [0.2, 0.25) is 0 Å². The monoisotopic (exact) mass is 592 g/mol. The molecule has 0 aliphatic rings. The number of alkyl halides is 5. The van der Waals surface area contributed by atoms with Gasteiger partial charge in [-0.25, -0.2) is 4.79 Å². The lowest BCUT2D eigenvalue weighted by atomic mass is 10.1. The molecule has 0 aliphatic carbocycles. The molecular formula is C31H33F5N2O4. The number of rotatable bonds is 15. The molecule has 3 rings (SSSR count). The van der Waals surface area contributed by atoms with Gasteiger partial charge in [-0.2, -0.15) is 22.0 Å². The van der Waals surface area contributed by atoms with E-state index in [4.69, 9.17) is 25.7 Å². The van der Waals surface area contributed by atoms with Gasteiger partial charge < -0.3 is 25.7 Å². The smallest absolute Gasteiger partial charge is 0.426 e. The molecule has 0 bridgehead atoms. The summed E-state index contributed by atoms with van der Waals surface area (Å²) in [5.74, 6) is -0.353. The zero-order valence-electron chi connectivity index (χ0n) is 22.8. The largest absolute Gasteiger partial charge is 0.494 e. The number of nitrogen functional groups attached to an aromatic ring is 2. The van der Waals surface area contributed by atoms with E-state index < -0.39 is 30.2 Å². The van der Waals surface area contributed by atoms with Crippen LogP contribution in [0.2, 0.25) is 0 Å². The molecule has 0 heterocycles. The van der Waals surface area contributed by atoms with Gasteiger partial charge in [-0.05, 0) is 97.8 Å². The number of carbonyl (C=O) groups excluding carboxylic acids is 1. The minimum absolute atomic E-state index is 0.0437. The average Bonchev–Trinajstić information content (AvgIpc) is 2.93. The topological polar surface area (TPSA) is 96.8 Å². The molecule has 0 aliphatic heterocycles. The van der Waals surface area contributed by atoms with E-state index in [-0.39, 0.29) is 37.6 Å². The van der Waals surface area contributed by atoms with Crippen LogP contribution in [0, 0.1) is 0 Å². The van der Waals surface area contributed by atoms with E-state index in [2.05, 4.69) is 0 Å². The third kappa shape index (κ3) is 11.3. The highest BCUT2D eigenvalue weighted by Gasteiger charge is 2.34. The number of hydrogen-bond donors (Lipinski definition) is 2. The van der Waals surface area contributed by atoms with Crippen molar-refractivity contribution in [2.75, 3.05) is 24.7 Å². The van der Waals surface area contributed by atoms with Gasteiger partial charge >= 0.3 is 18.3 Å². The normalized spacial score (nSPS) is 11.9. The second kappa shape index (κ2) is 15.1. The van der Waals surface area contributed by atoms with Gasteiger partial charge in [0.25, 0.3) is 0 Å². The number of hydrogen-bond acceptors (Lipinski definition) is 6. The fourth-order valence-corrected chi connectivity index (χ4v) is 3.86. The molecule has 6 nitrogen and oxygen atoms in total. The lowest BCUT2D eigenvalue weighted by Gasteiger charge is -2.18. The maximum absolute atomic E-state index is 14.6. The van der Waals surface area contributed by atoms with Gasteiger partial charge in [0, 0.05) is 23.9 Å². The summed E-state index contributed by atoms with van der Waals surface area (Å²) < 4.78 is 81.2. The number of aryl methyl sites for hydroxylation is 1. The van der Waals surface area contributed by atoms with Gasteiger partial charge in [-0.15, -0.1) is 0 Å². The van der Waals surface area contributed by atoms with Crippen LogP contribution in [0.1, 0.15) is 48.8 Å². The van der Waals surface area contributed by atoms with E-state index in [1.165, 1.54) is 48.6 Å². The van der Waals surface area contributed by atoms with Crippen LogP contribution in [0.25, 0.3) is 6.08 Å². The Bertz CT molecular complexity index is 1310. The molecule has 0 amide bonds. The second-order valence-electron chi connectivity index (χ2n) is 9.55. The highest BCUT2D eigenvalue weighted by Crippen LogP contribution is 2.33. The van der Waals surface area contributed by atoms with Crippen LogP contribution in [0.5, 0.6) is 11.5 Å². The molecule has 0 saturated heterocycles. The zero-order valence-corrected chi connectivity index (χ0v) is 22.8. The van der Waals surface area contributed by atoms with Crippen molar-refractivity contribution in [3.63, 3.8) is 0 Å². The standard InChI is InChI=1S/C31H33F5N2O4/c32-30(33,34)18-2-4-19-40-26-15-10-24(11-16-26)31(35,36)42-27-13-6-22(7-14-27)8-17-29(39)41-20-3-1-5-23-9-12-25(37)21-28(23)38/h6-17,21H,1-5,18-20,37-38H2/b17-8+. The molecule has 0 spiro atoms. The van der Waals surface area contributed by atoms with Crippen molar-refractivity contribution in [3.8, 4) is 11.5 Å². The van der Waals surface area contributed by atoms with Crippen LogP contribution in [0.4, 0.5) is 33.3 Å². The van der Waals surface area contributed by atoms with Crippen molar-refractivity contribution in [3.05, 3.63) is 89.5 Å². The quantitative estimate of drug-likeness (QED) is 0.0618. The Balaban J connectivity index is 1.39. The summed E-state index contributed by atoms with van der Waals surface area (Å²) in [5.41, 5.74) is 14.0. The predicted octanol–water partition coefficient (Wildman–Crippen LogP) is 7.67. The van der Waals surface area contributed by atoms with Crippen molar-refractivity contribution in [2.45, 2.75) is 50.8 Å². The molecule has 42 heavy (non-hydrogen) atoms. The first-order valence-corrected chi connectivity index (χ1v) is 13.4. The minimum Gasteiger partial charge on any atom is -0.494 e. The van der Waals surface area contributed by atoms with Crippen LogP contribution in [0.3, 0.4) is 0 Å². The number of benzene rings is 3. The summed E-state index contributed by atoms with van der Waals surface area (Å²) in [6.45, 7) is 0.289. The summed E-state index contributed by atoms with van der Waals surface area (Å²) >= 11 is 0. The number of esters is 1. The van der Waals surface area contributed by atoms with Crippen molar-refractivity contribution >= 4 is 23.4 Å². The lowest BCUT2D eigenvalue weighted by Crippen LogP contribution is -2.21. The summed E-state index contributed by atoms with van der Waals surface area (Å²) in [6.07, 6.45) is -3.71. The number of unbranched alkanes of at least 4 members (excludes halogenated alkanes) is 2. The van der Waals surface area contributed by atoms with E-state index in [1.54, 1.807) is 12.1 Å². The molecule has 11 heteroatoms. The molecule has 0 fully saturated rings. The van der Waals surface area contributed by atoms with E-state index in [0.29, 0.717) is 23.4 Å². The fraction of sp³-hybridized carbons (Fsp3) is 0.323. The van der Waals surface area contributed by atoms with Crippen LogP contribution in [-0.2, 0) is 22.1 Å². The maximum Gasteiger partial charge on any atom is 0.426 e. The Hall–Kier alpha value is -4.28. The average molecular weight is 593 g/mol.